The number of amides is 1. The van der Waals surface area contributed by atoms with E-state index in [0.29, 0.717) is 23.9 Å². The second-order valence-electron chi connectivity index (χ2n) is 12.2. The third-order valence-electron chi connectivity index (χ3n) is 8.11. The van der Waals surface area contributed by atoms with Gasteiger partial charge in [-0.1, -0.05) is 63.5 Å². The van der Waals surface area contributed by atoms with Crippen LogP contribution < -0.4 is 10.6 Å². The van der Waals surface area contributed by atoms with Gasteiger partial charge in [0.1, 0.15) is 12.7 Å². The van der Waals surface area contributed by atoms with E-state index in [-0.39, 0.29) is 6.61 Å². The summed E-state index contributed by atoms with van der Waals surface area (Å²) in [4.78, 5) is 15.4. The number of fused-ring (bicyclic) bond motifs is 1. The molecule has 0 saturated carbocycles. The predicted octanol–water partition coefficient (Wildman–Crippen LogP) is 5.58. The molecule has 11 heteroatoms. The number of morpholine rings is 1. The van der Waals surface area contributed by atoms with E-state index in [1.54, 1.807) is 24.3 Å². The molecule has 3 saturated heterocycles. The van der Waals surface area contributed by atoms with Crippen molar-refractivity contribution in [3.8, 4) is 0 Å². The molecule has 10 nitrogen and oxygen atoms in total. The lowest BCUT2D eigenvalue weighted by Crippen LogP contribution is -2.46. The number of benzene rings is 1. The molecule has 1 aromatic rings. The standard InChI is InChI=1S/C32H52ClN3O7/c1-4-5-6-7-8-9-10-11-20-39-24-32-29(42-31(2,3)43-32)28(40-30(37)35-26-14-12-25(33)13-15-26)27(41-32)23-34-16-17-36-18-21-38-22-19-36/h12-15,27-29,34H,4-11,16-24H2,1-3H3,(H,35,37)/t27-,28+,29-,32-/m0/s1. The molecule has 2 N–H and O–H groups in total. The van der Waals surface area contributed by atoms with Gasteiger partial charge >= 0.3 is 6.09 Å². The normalized spacial score (nSPS) is 26.8. The van der Waals surface area contributed by atoms with E-state index in [9.17, 15) is 4.79 Å². The van der Waals surface area contributed by atoms with Crippen LogP contribution in [0, 0.1) is 0 Å². The molecule has 1 amide bonds. The number of nitrogens with zero attached hydrogens (tertiary/aromatic N) is 1. The van der Waals surface area contributed by atoms with Gasteiger partial charge in [-0.05, 0) is 44.5 Å². The topological polar surface area (TPSA) is 99.8 Å². The van der Waals surface area contributed by atoms with Crippen LogP contribution >= 0.6 is 11.6 Å². The maximum atomic E-state index is 13.0. The number of anilines is 1. The summed E-state index contributed by atoms with van der Waals surface area (Å²) in [6, 6.07) is 6.87. The first-order chi connectivity index (χ1) is 20.8. The molecule has 244 valence electrons. The lowest BCUT2D eigenvalue weighted by Gasteiger charge is -2.29. The highest BCUT2D eigenvalue weighted by atomic mass is 35.5. The summed E-state index contributed by atoms with van der Waals surface area (Å²) in [6.45, 7) is 12.2. The number of hydrogen-bond donors (Lipinski definition) is 2. The number of carbonyl (C=O) groups is 1. The maximum absolute atomic E-state index is 13.0. The Balaban J connectivity index is 1.34. The van der Waals surface area contributed by atoms with Gasteiger partial charge in [0.05, 0.1) is 13.2 Å². The molecule has 0 spiro atoms. The smallest absolute Gasteiger partial charge is 0.412 e. The summed E-state index contributed by atoms with van der Waals surface area (Å²) in [6.07, 6.45) is 7.39. The number of rotatable bonds is 18. The third-order valence-corrected chi connectivity index (χ3v) is 8.36. The first-order valence-corrected chi connectivity index (χ1v) is 16.6. The van der Waals surface area contributed by atoms with Gasteiger partial charge in [-0.25, -0.2) is 4.79 Å². The number of carbonyl (C=O) groups excluding carboxylic acids is 1. The molecule has 0 bridgehead atoms. The van der Waals surface area contributed by atoms with E-state index in [1.165, 1.54) is 38.5 Å². The molecule has 1 aromatic carbocycles. The van der Waals surface area contributed by atoms with E-state index in [0.717, 1.165) is 52.2 Å². The maximum Gasteiger partial charge on any atom is 0.412 e. The van der Waals surface area contributed by atoms with Gasteiger partial charge in [-0.2, -0.15) is 0 Å². The van der Waals surface area contributed by atoms with Crippen LogP contribution in [0.5, 0.6) is 0 Å². The molecule has 0 radical (unpaired) electrons. The van der Waals surface area contributed by atoms with Gasteiger partial charge in [0.25, 0.3) is 0 Å². The van der Waals surface area contributed by atoms with E-state index >= 15 is 0 Å². The number of ether oxygens (including phenoxy) is 6. The van der Waals surface area contributed by atoms with Crippen molar-refractivity contribution < 1.29 is 33.2 Å². The summed E-state index contributed by atoms with van der Waals surface area (Å²) in [7, 11) is 0. The molecule has 4 atom stereocenters. The van der Waals surface area contributed by atoms with Crippen molar-refractivity contribution in [2.75, 3.05) is 64.5 Å². The van der Waals surface area contributed by atoms with E-state index in [4.69, 9.17) is 40.0 Å². The molecule has 3 fully saturated rings. The lowest BCUT2D eigenvalue weighted by molar-refractivity contribution is -0.277. The van der Waals surface area contributed by atoms with Crippen LogP contribution in [-0.4, -0.2) is 100 Å². The first-order valence-electron chi connectivity index (χ1n) is 16.2. The third kappa shape index (κ3) is 10.8. The fraction of sp³-hybridized carbons (Fsp3) is 0.781. The molecule has 3 aliphatic rings. The van der Waals surface area contributed by atoms with E-state index in [1.807, 2.05) is 13.8 Å². The van der Waals surface area contributed by atoms with Gasteiger partial charge in [-0.3, -0.25) is 10.2 Å². The highest BCUT2D eigenvalue weighted by molar-refractivity contribution is 6.30. The van der Waals surface area contributed by atoms with Crippen molar-refractivity contribution in [2.45, 2.75) is 102 Å². The summed E-state index contributed by atoms with van der Waals surface area (Å²) < 4.78 is 36.9. The monoisotopic (exact) mass is 625 g/mol. The zero-order valence-electron chi connectivity index (χ0n) is 26.2. The highest BCUT2D eigenvalue weighted by Crippen LogP contribution is 2.46. The Morgan fingerprint density at radius 1 is 1.02 bits per heavy atom. The van der Waals surface area contributed by atoms with Crippen LogP contribution in [0.4, 0.5) is 10.5 Å². The van der Waals surface area contributed by atoms with Crippen LogP contribution in [0.15, 0.2) is 24.3 Å². The largest absolute Gasteiger partial charge is 0.440 e. The van der Waals surface area contributed by atoms with Gasteiger partial charge in [0.2, 0.25) is 5.79 Å². The lowest BCUT2D eigenvalue weighted by atomic mass is 10.1. The molecule has 0 aliphatic carbocycles. The van der Waals surface area contributed by atoms with Crippen LogP contribution in [0.1, 0.15) is 72.1 Å². The van der Waals surface area contributed by atoms with Gasteiger partial charge < -0.3 is 33.7 Å². The van der Waals surface area contributed by atoms with Crippen molar-refractivity contribution in [3.63, 3.8) is 0 Å². The first kappa shape index (κ1) is 34.4. The Kier molecular flexibility index (Phi) is 13.8. The summed E-state index contributed by atoms with van der Waals surface area (Å²) in [5, 5.41) is 6.85. The van der Waals surface area contributed by atoms with Crippen LogP contribution in [-0.2, 0) is 28.4 Å². The average Bonchev–Trinajstić information content (AvgIpc) is 3.40. The number of unbranched alkanes of at least 4 members (excludes halogenated alkanes) is 7. The summed E-state index contributed by atoms with van der Waals surface area (Å²) in [5.41, 5.74) is 0.581. The molecule has 4 rings (SSSR count). The fourth-order valence-corrected chi connectivity index (χ4v) is 6.05. The average molecular weight is 626 g/mol. The number of halogens is 1. The molecule has 43 heavy (non-hydrogen) atoms. The number of nitrogens with one attached hydrogen (secondary N) is 2. The Morgan fingerprint density at radius 3 is 2.44 bits per heavy atom. The Hall–Kier alpha value is -1.50. The zero-order chi connectivity index (χ0) is 30.5. The van der Waals surface area contributed by atoms with Crippen molar-refractivity contribution in [2.24, 2.45) is 0 Å². The number of hydrogen-bond acceptors (Lipinski definition) is 9. The Morgan fingerprint density at radius 2 is 1.72 bits per heavy atom. The Bertz CT molecular complexity index is 963. The van der Waals surface area contributed by atoms with Crippen molar-refractivity contribution in [1.82, 2.24) is 10.2 Å². The van der Waals surface area contributed by atoms with Gasteiger partial charge in [0, 0.05) is 50.0 Å². The molecular formula is C32H52ClN3O7. The van der Waals surface area contributed by atoms with Gasteiger partial charge in [-0.15, -0.1) is 0 Å². The predicted molar refractivity (Wildman–Crippen MR) is 167 cm³/mol. The quantitative estimate of drug-likeness (QED) is 0.202. The molecule has 0 unspecified atom stereocenters. The van der Waals surface area contributed by atoms with Crippen molar-refractivity contribution >= 4 is 23.4 Å². The molecule has 3 heterocycles. The van der Waals surface area contributed by atoms with Crippen LogP contribution in [0.2, 0.25) is 5.02 Å². The minimum Gasteiger partial charge on any atom is -0.440 e. The van der Waals surface area contributed by atoms with E-state index < -0.39 is 36.0 Å². The molecule has 3 aliphatic heterocycles. The summed E-state index contributed by atoms with van der Waals surface area (Å²) in [5.74, 6) is -2.10. The Labute approximate surface area is 262 Å². The second kappa shape index (κ2) is 17.3. The van der Waals surface area contributed by atoms with Crippen molar-refractivity contribution in [1.29, 1.82) is 0 Å². The minimum absolute atomic E-state index is 0.195. The van der Waals surface area contributed by atoms with Gasteiger partial charge in [0.15, 0.2) is 18.0 Å². The SMILES string of the molecule is CCCCCCCCCCOC[C@@]12O[C@@H](CNCCN3CCOCC3)[C@@H](OC(=O)Nc3ccc(Cl)cc3)[C@@H]1OC(C)(C)O2. The highest BCUT2D eigenvalue weighted by Gasteiger charge is 2.66. The molecule has 0 aromatic heterocycles. The van der Waals surface area contributed by atoms with Crippen molar-refractivity contribution in [3.05, 3.63) is 29.3 Å². The van der Waals surface area contributed by atoms with Crippen LogP contribution in [0.3, 0.4) is 0 Å². The zero-order valence-corrected chi connectivity index (χ0v) is 27.0. The van der Waals surface area contributed by atoms with Crippen LogP contribution in [0.25, 0.3) is 0 Å². The fourth-order valence-electron chi connectivity index (χ4n) is 5.92. The van der Waals surface area contributed by atoms with E-state index in [2.05, 4.69) is 22.5 Å². The minimum atomic E-state index is -1.18. The summed E-state index contributed by atoms with van der Waals surface area (Å²) >= 11 is 6.00. The second-order valence-corrected chi connectivity index (χ2v) is 12.6. The molecular weight excluding hydrogens is 574 g/mol.